The van der Waals surface area contributed by atoms with Gasteiger partial charge < -0.3 is 20.6 Å². The number of benzene rings is 1. The van der Waals surface area contributed by atoms with Gasteiger partial charge in [-0.2, -0.15) is 5.10 Å². The first-order valence-electron chi connectivity index (χ1n) is 12.9. The topological polar surface area (TPSA) is 154 Å². The first-order chi connectivity index (χ1) is 19.9. The first-order valence-corrected chi connectivity index (χ1v) is 12.9. The van der Waals surface area contributed by atoms with Crippen molar-refractivity contribution in [3.63, 3.8) is 0 Å². The molecule has 0 fully saturated rings. The van der Waals surface area contributed by atoms with Crippen molar-refractivity contribution in [1.82, 2.24) is 44.2 Å². The van der Waals surface area contributed by atoms with Crippen LogP contribution in [0.25, 0.3) is 16.4 Å². The number of amides is 1. The molecule has 0 aliphatic heterocycles. The van der Waals surface area contributed by atoms with Crippen molar-refractivity contribution in [3.05, 3.63) is 106 Å². The Morgan fingerprint density at radius 2 is 2.10 bits per heavy atom. The fraction of sp³-hybridized carbons (Fsp3) is 0.172. The van der Waals surface area contributed by atoms with Crippen molar-refractivity contribution in [2.24, 2.45) is 7.05 Å². The van der Waals surface area contributed by atoms with Crippen LogP contribution in [0.3, 0.4) is 0 Å². The number of aromatic amines is 1. The minimum absolute atomic E-state index is 0.0691. The number of pyridine rings is 1. The summed E-state index contributed by atoms with van der Waals surface area (Å²) in [7, 11) is 1.82. The van der Waals surface area contributed by atoms with Gasteiger partial charge in [0.25, 0.3) is 11.5 Å². The number of aryl methyl sites for hydroxylation is 2. The molecule has 0 saturated carbocycles. The molecule has 0 radical (unpaired) electrons. The van der Waals surface area contributed by atoms with Gasteiger partial charge in [-0.1, -0.05) is 24.0 Å². The van der Waals surface area contributed by atoms with Crippen molar-refractivity contribution in [2.45, 2.75) is 25.9 Å². The molecule has 12 heteroatoms. The summed E-state index contributed by atoms with van der Waals surface area (Å²) in [6, 6.07) is 8.63. The van der Waals surface area contributed by atoms with E-state index in [9.17, 15) is 9.59 Å². The first kappa shape index (κ1) is 25.6. The molecule has 0 spiro atoms. The van der Waals surface area contributed by atoms with Crippen LogP contribution in [-0.2, 0) is 20.0 Å². The molecule has 0 saturated heterocycles. The summed E-state index contributed by atoms with van der Waals surface area (Å²) in [6.07, 6.45) is 10.6. The molecular weight excluding hydrogens is 520 g/mol. The summed E-state index contributed by atoms with van der Waals surface area (Å²) >= 11 is 0. The minimum atomic E-state index is -0.554. The number of hydrogen-bond donors (Lipinski definition) is 3. The second kappa shape index (κ2) is 10.5. The van der Waals surface area contributed by atoms with Crippen LogP contribution in [0.15, 0.2) is 72.4 Å². The van der Waals surface area contributed by atoms with E-state index >= 15 is 0 Å². The van der Waals surface area contributed by atoms with E-state index in [-0.39, 0.29) is 16.9 Å². The molecule has 6 rings (SSSR count). The Hall–Kier alpha value is -5.70. The highest BCUT2D eigenvalue weighted by Gasteiger charge is 2.23. The zero-order valence-corrected chi connectivity index (χ0v) is 22.4. The Morgan fingerprint density at radius 3 is 2.88 bits per heavy atom. The predicted octanol–water partition coefficient (Wildman–Crippen LogP) is 2.22. The van der Waals surface area contributed by atoms with Crippen LogP contribution in [0, 0.1) is 11.8 Å². The van der Waals surface area contributed by atoms with Crippen LogP contribution in [0.4, 0.5) is 5.82 Å². The van der Waals surface area contributed by atoms with E-state index in [2.05, 4.69) is 42.3 Å². The van der Waals surface area contributed by atoms with Crippen molar-refractivity contribution in [2.75, 3.05) is 5.73 Å². The fourth-order valence-corrected chi connectivity index (χ4v) is 4.86. The number of carbonyl (C=O) groups excluding carboxylic acids is 1. The van der Waals surface area contributed by atoms with E-state index in [1.54, 1.807) is 46.4 Å². The van der Waals surface area contributed by atoms with Gasteiger partial charge in [0, 0.05) is 56.1 Å². The van der Waals surface area contributed by atoms with Crippen molar-refractivity contribution in [3.8, 4) is 11.8 Å². The third-order valence-electron chi connectivity index (χ3n) is 6.80. The standard InChI is InChI=1S/C29H26N10O2/c1-18(35-28(40)25-26(30)36-39-11-4-10-32-27(25)39)23-13-21-6-3-5-20(8-7-19-14-34-37(2)16-19)24(21)29(41)38(23)12-9-22-15-31-17-33-22/h3-6,10-11,13-18H,9,12H2,1-2H3,(H2,30,36)(H,31,33)(H,35,40)/t18-/m1/s1. The van der Waals surface area contributed by atoms with Crippen molar-refractivity contribution < 1.29 is 4.79 Å². The third-order valence-corrected chi connectivity index (χ3v) is 6.80. The van der Waals surface area contributed by atoms with Crippen LogP contribution in [0.1, 0.15) is 45.8 Å². The number of nitrogen functional groups attached to an aromatic ring is 1. The maximum Gasteiger partial charge on any atom is 0.259 e. The quantitative estimate of drug-likeness (QED) is 0.271. The molecule has 41 heavy (non-hydrogen) atoms. The molecule has 4 N–H and O–H groups in total. The molecule has 5 aromatic heterocycles. The van der Waals surface area contributed by atoms with E-state index in [4.69, 9.17) is 5.73 Å². The predicted molar refractivity (Wildman–Crippen MR) is 153 cm³/mol. The molecular formula is C29H26N10O2. The number of nitrogens with zero attached hydrogens (tertiary/aromatic N) is 7. The number of aromatic nitrogens is 8. The molecule has 12 nitrogen and oxygen atoms in total. The monoisotopic (exact) mass is 546 g/mol. The largest absolute Gasteiger partial charge is 0.381 e. The average molecular weight is 547 g/mol. The second-order valence-electron chi connectivity index (χ2n) is 9.60. The minimum Gasteiger partial charge on any atom is -0.381 e. The summed E-state index contributed by atoms with van der Waals surface area (Å²) in [5.74, 6) is 5.87. The normalized spacial score (nSPS) is 11.9. The maximum absolute atomic E-state index is 14.1. The summed E-state index contributed by atoms with van der Waals surface area (Å²) < 4.78 is 4.81. The van der Waals surface area contributed by atoms with Gasteiger partial charge in [0.15, 0.2) is 11.5 Å². The Balaban J connectivity index is 1.42. The smallest absolute Gasteiger partial charge is 0.259 e. The molecule has 0 bridgehead atoms. The highest BCUT2D eigenvalue weighted by molar-refractivity contribution is 6.04. The molecule has 0 aliphatic carbocycles. The van der Waals surface area contributed by atoms with E-state index < -0.39 is 11.9 Å². The molecule has 6 aromatic rings. The SMILES string of the molecule is C[C@@H](NC(=O)c1c(N)nn2cccnc12)c1cc2cccc(C#Cc3cnn(C)c3)c2c(=O)n1CCc1c[nH]cn1. The van der Waals surface area contributed by atoms with Crippen LogP contribution >= 0.6 is 0 Å². The lowest BCUT2D eigenvalue weighted by atomic mass is 10.0. The Kier molecular flexibility index (Phi) is 6.52. The van der Waals surface area contributed by atoms with Crippen molar-refractivity contribution >= 4 is 28.1 Å². The van der Waals surface area contributed by atoms with Crippen LogP contribution in [0.2, 0.25) is 0 Å². The second-order valence-corrected chi connectivity index (χ2v) is 9.60. The zero-order chi connectivity index (χ0) is 28.5. The van der Waals surface area contributed by atoms with Gasteiger partial charge >= 0.3 is 0 Å². The number of fused-ring (bicyclic) bond motifs is 2. The van der Waals surface area contributed by atoms with Crippen LogP contribution in [-0.4, -0.2) is 44.8 Å². The summed E-state index contributed by atoms with van der Waals surface area (Å²) in [6.45, 7) is 2.17. The van der Waals surface area contributed by atoms with E-state index in [1.807, 2.05) is 44.4 Å². The number of nitrogens with two attached hydrogens (primary N) is 1. The molecule has 204 valence electrons. The van der Waals surface area contributed by atoms with Crippen LogP contribution < -0.4 is 16.6 Å². The highest BCUT2D eigenvalue weighted by atomic mass is 16.2. The van der Waals surface area contributed by atoms with Crippen LogP contribution in [0.5, 0.6) is 0 Å². The Bertz CT molecular complexity index is 2020. The number of nitrogens with one attached hydrogen (secondary N) is 2. The van der Waals surface area contributed by atoms with Gasteiger partial charge in [-0.15, -0.1) is 5.10 Å². The van der Waals surface area contributed by atoms with Gasteiger partial charge in [-0.25, -0.2) is 14.5 Å². The average Bonchev–Trinajstić information content (AvgIpc) is 3.70. The van der Waals surface area contributed by atoms with Gasteiger partial charge in [0.2, 0.25) is 0 Å². The summed E-state index contributed by atoms with van der Waals surface area (Å²) in [5.41, 5.74) is 9.19. The number of carbonyl (C=O) groups is 1. The zero-order valence-electron chi connectivity index (χ0n) is 22.4. The van der Waals surface area contributed by atoms with Gasteiger partial charge in [-0.3, -0.25) is 14.3 Å². The van der Waals surface area contributed by atoms with Gasteiger partial charge in [0.1, 0.15) is 5.56 Å². The van der Waals surface area contributed by atoms with Crippen molar-refractivity contribution in [1.29, 1.82) is 0 Å². The highest BCUT2D eigenvalue weighted by Crippen LogP contribution is 2.23. The Morgan fingerprint density at radius 1 is 1.22 bits per heavy atom. The van der Waals surface area contributed by atoms with E-state index in [0.29, 0.717) is 35.3 Å². The number of imidazole rings is 1. The lowest BCUT2D eigenvalue weighted by molar-refractivity contribution is 0.0940. The number of rotatable bonds is 6. The third kappa shape index (κ3) is 4.92. The number of H-pyrrole nitrogens is 1. The lowest BCUT2D eigenvalue weighted by Gasteiger charge is -2.21. The maximum atomic E-state index is 14.1. The summed E-state index contributed by atoms with van der Waals surface area (Å²) in [4.78, 5) is 39.0. The van der Waals surface area contributed by atoms with E-state index in [1.165, 1.54) is 4.52 Å². The Labute approximate surface area is 233 Å². The summed E-state index contributed by atoms with van der Waals surface area (Å²) in [5, 5.41) is 12.6. The molecule has 5 heterocycles. The lowest BCUT2D eigenvalue weighted by Crippen LogP contribution is -2.33. The molecule has 1 amide bonds. The molecule has 0 unspecified atom stereocenters. The van der Waals surface area contributed by atoms with E-state index in [0.717, 1.165) is 16.6 Å². The number of anilines is 1. The van der Waals surface area contributed by atoms with Gasteiger partial charge in [0.05, 0.1) is 35.2 Å². The molecule has 1 atom stereocenters. The number of hydrogen-bond acceptors (Lipinski definition) is 7. The van der Waals surface area contributed by atoms with Gasteiger partial charge in [-0.05, 0) is 30.5 Å². The fourth-order valence-electron chi connectivity index (χ4n) is 4.86. The molecule has 1 aromatic carbocycles. The molecule has 0 aliphatic rings.